The van der Waals surface area contributed by atoms with Gasteiger partial charge in [0, 0.05) is 24.7 Å². The Balaban J connectivity index is 2.15. The lowest BCUT2D eigenvalue weighted by Gasteiger charge is -2.02. The Hall–Kier alpha value is -0.530. The Morgan fingerprint density at radius 1 is 1.27 bits per heavy atom. The summed E-state index contributed by atoms with van der Waals surface area (Å²) in [6.07, 6.45) is 0. The normalized spacial score (nSPS) is 16.8. The molecule has 1 heterocycles. The van der Waals surface area contributed by atoms with Gasteiger partial charge in [0.05, 0.1) is 0 Å². The van der Waals surface area contributed by atoms with Crippen LogP contribution in [0.3, 0.4) is 0 Å². The molecule has 0 N–H and O–H groups in total. The highest BCUT2D eigenvalue weighted by molar-refractivity contribution is 6.31. The summed E-state index contributed by atoms with van der Waals surface area (Å²) >= 11 is 5.97. The van der Waals surface area contributed by atoms with Crippen LogP contribution in [0.5, 0.6) is 0 Å². The van der Waals surface area contributed by atoms with Crippen molar-refractivity contribution in [2.45, 2.75) is 6.54 Å². The molecule has 58 valence electrons. The van der Waals surface area contributed by atoms with Gasteiger partial charge < -0.3 is 0 Å². The monoisotopic (exact) mass is 167 g/mol. The van der Waals surface area contributed by atoms with E-state index < -0.39 is 0 Å². The number of hydrogen-bond donors (Lipinski definition) is 0. The van der Waals surface area contributed by atoms with E-state index in [0.29, 0.717) is 0 Å². The molecule has 0 bridgehead atoms. The second-order valence-corrected chi connectivity index (χ2v) is 3.27. The second kappa shape index (κ2) is 2.84. The fraction of sp³-hybridized carbons (Fsp3) is 0.333. The van der Waals surface area contributed by atoms with Crippen molar-refractivity contribution >= 4 is 11.6 Å². The Kier molecular flexibility index (Phi) is 1.84. The van der Waals surface area contributed by atoms with E-state index in [1.54, 1.807) is 0 Å². The Morgan fingerprint density at radius 3 is 2.64 bits per heavy atom. The number of halogens is 1. The molecule has 0 spiro atoms. The Labute approximate surface area is 71.6 Å². The quantitative estimate of drug-likeness (QED) is 0.610. The predicted octanol–water partition coefficient (Wildman–Crippen LogP) is 2.16. The molecule has 2 heteroatoms. The molecule has 1 saturated heterocycles. The minimum absolute atomic E-state index is 0.888. The molecule has 11 heavy (non-hydrogen) atoms. The number of rotatable bonds is 2. The average Bonchev–Trinajstić information content (AvgIpc) is 2.78. The van der Waals surface area contributed by atoms with Crippen LogP contribution in [-0.2, 0) is 6.54 Å². The molecular formula is C9H10ClN. The molecule has 0 atom stereocenters. The SMILES string of the molecule is Clc1ccccc1CN1CC1. The molecule has 0 saturated carbocycles. The molecule has 1 aromatic carbocycles. The number of benzene rings is 1. The van der Waals surface area contributed by atoms with Gasteiger partial charge in [-0.2, -0.15) is 0 Å². The van der Waals surface area contributed by atoms with Gasteiger partial charge in [-0.1, -0.05) is 29.8 Å². The van der Waals surface area contributed by atoms with Crippen LogP contribution >= 0.6 is 11.6 Å². The van der Waals surface area contributed by atoms with E-state index in [9.17, 15) is 0 Å². The van der Waals surface area contributed by atoms with Crippen molar-refractivity contribution in [3.05, 3.63) is 34.9 Å². The average molecular weight is 168 g/mol. The molecule has 0 unspecified atom stereocenters. The first kappa shape index (κ1) is 7.14. The summed E-state index contributed by atoms with van der Waals surface area (Å²) in [5, 5.41) is 0.888. The molecule has 2 rings (SSSR count). The van der Waals surface area contributed by atoms with Crippen LogP contribution in [0, 0.1) is 0 Å². The maximum atomic E-state index is 5.97. The lowest BCUT2D eigenvalue weighted by atomic mass is 10.2. The van der Waals surface area contributed by atoms with Crippen molar-refractivity contribution in [3.8, 4) is 0 Å². The zero-order valence-electron chi connectivity index (χ0n) is 6.26. The largest absolute Gasteiger partial charge is 0.296 e. The van der Waals surface area contributed by atoms with Crippen LogP contribution in [-0.4, -0.2) is 18.0 Å². The molecule has 1 nitrogen and oxygen atoms in total. The summed E-state index contributed by atoms with van der Waals surface area (Å²) in [4.78, 5) is 2.35. The third-order valence-corrected chi connectivity index (χ3v) is 2.26. The van der Waals surface area contributed by atoms with Gasteiger partial charge in [-0.25, -0.2) is 0 Å². The number of hydrogen-bond acceptors (Lipinski definition) is 1. The van der Waals surface area contributed by atoms with Crippen LogP contribution < -0.4 is 0 Å². The van der Waals surface area contributed by atoms with Gasteiger partial charge in [0.15, 0.2) is 0 Å². The summed E-state index contributed by atoms with van der Waals surface area (Å²) in [5.74, 6) is 0. The predicted molar refractivity (Wildman–Crippen MR) is 46.7 cm³/mol. The minimum Gasteiger partial charge on any atom is -0.296 e. The summed E-state index contributed by atoms with van der Waals surface area (Å²) in [7, 11) is 0. The Morgan fingerprint density at radius 2 is 2.00 bits per heavy atom. The maximum absolute atomic E-state index is 5.97. The number of nitrogens with zero attached hydrogens (tertiary/aromatic N) is 1. The second-order valence-electron chi connectivity index (χ2n) is 2.87. The van der Waals surface area contributed by atoms with Gasteiger partial charge in [-0.3, -0.25) is 4.90 Å². The molecule has 1 aliphatic heterocycles. The highest BCUT2D eigenvalue weighted by atomic mass is 35.5. The van der Waals surface area contributed by atoms with Crippen LogP contribution in [0.2, 0.25) is 5.02 Å². The lowest BCUT2D eigenvalue weighted by molar-refractivity contribution is 0.556. The first-order chi connectivity index (χ1) is 5.36. The van der Waals surface area contributed by atoms with E-state index in [1.165, 1.54) is 18.7 Å². The maximum Gasteiger partial charge on any atom is 0.0451 e. The molecule has 1 aromatic rings. The van der Waals surface area contributed by atoms with E-state index in [0.717, 1.165) is 11.6 Å². The molecule has 0 aliphatic carbocycles. The smallest absolute Gasteiger partial charge is 0.0451 e. The molecule has 1 fully saturated rings. The third kappa shape index (κ3) is 1.73. The standard InChI is InChI=1S/C9H10ClN/c10-9-4-2-1-3-8(9)7-11-5-6-11/h1-4H,5-7H2. The third-order valence-electron chi connectivity index (χ3n) is 1.89. The van der Waals surface area contributed by atoms with Gasteiger partial charge in [0.1, 0.15) is 0 Å². The zero-order chi connectivity index (χ0) is 7.68. The first-order valence-electron chi connectivity index (χ1n) is 3.82. The fourth-order valence-electron chi connectivity index (χ4n) is 1.10. The van der Waals surface area contributed by atoms with Gasteiger partial charge in [-0.05, 0) is 11.6 Å². The van der Waals surface area contributed by atoms with Crippen LogP contribution in [0.25, 0.3) is 0 Å². The van der Waals surface area contributed by atoms with Crippen molar-refractivity contribution in [3.63, 3.8) is 0 Å². The van der Waals surface area contributed by atoms with E-state index >= 15 is 0 Å². The summed E-state index contributed by atoms with van der Waals surface area (Å²) < 4.78 is 0. The van der Waals surface area contributed by atoms with E-state index in [1.807, 2.05) is 18.2 Å². The van der Waals surface area contributed by atoms with Gasteiger partial charge >= 0.3 is 0 Å². The van der Waals surface area contributed by atoms with Crippen LogP contribution in [0.15, 0.2) is 24.3 Å². The van der Waals surface area contributed by atoms with E-state index in [4.69, 9.17) is 11.6 Å². The molecule has 1 aliphatic rings. The molecule has 0 aromatic heterocycles. The van der Waals surface area contributed by atoms with Crippen molar-refractivity contribution in [1.82, 2.24) is 4.90 Å². The zero-order valence-corrected chi connectivity index (χ0v) is 7.01. The summed E-state index contributed by atoms with van der Waals surface area (Å²) in [6.45, 7) is 3.47. The topological polar surface area (TPSA) is 3.01 Å². The van der Waals surface area contributed by atoms with Gasteiger partial charge in [-0.15, -0.1) is 0 Å². The summed E-state index contributed by atoms with van der Waals surface area (Å²) in [5.41, 5.74) is 1.24. The highest BCUT2D eigenvalue weighted by Gasteiger charge is 2.17. The fourth-order valence-corrected chi connectivity index (χ4v) is 1.29. The van der Waals surface area contributed by atoms with E-state index in [-0.39, 0.29) is 0 Å². The molecule has 0 radical (unpaired) electrons. The minimum atomic E-state index is 0.888. The van der Waals surface area contributed by atoms with Crippen LogP contribution in [0.4, 0.5) is 0 Å². The van der Waals surface area contributed by atoms with Crippen molar-refractivity contribution in [1.29, 1.82) is 0 Å². The van der Waals surface area contributed by atoms with Crippen molar-refractivity contribution < 1.29 is 0 Å². The van der Waals surface area contributed by atoms with Gasteiger partial charge in [0.25, 0.3) is 0 Å². The Bertz CT molecular complexity index is 255. The van der Waals surface area contributed by atoms with Crippen molar-refractivity contribution in [2.24, 2.45) is 0 Å². The van der Waals surface area contributed by atoms with E-state index in [2.05, 4.69) is 11.0 Å². The van der Waals surface area contributed by atoms with Crippen molar-refractivity contribution in [2.75, 3.05) is 13.1 Å². The highest BCUT2D eigenvalue weighted by Crippen LogP contribution is 2.19. The lowest BCUT2D eigenvalue weighted by Crippen LogP contribution is -1.96. The first-order valence-corrected chi connectivity index (χ1v) is 4.20. The molecular weight excluding hydrogens is 158 g/mol. The summed E-state index contributed by atoms with van der Waals surface area (Å²) in [6, 6.07) is 8.03. The van der Waals surface area contributed by atoms with Crippen LogP contribution in [0.1, 0.15) is 5.56 Å². The molecule has 0 amide bonds. The van der Waals surface area contributed by atoms with Gasteiger partial charge in [0.2, 0.25) is 0 Å².